The fourth-order valence-electron chi connectivity index (χ4n) is 2.79. The van der Waals surface area contributed by atoms with Gasteiger partial charge in [-0.25, -0.2) is 4.79 Å². The molecule has 0 aromatic heterocycles. The number of alkyl halides is 1. The Bertz CT molecular complexity index is 654. The minimum atomic E-state index is -1.00. The number of aliphatic hydroxyl groups is 1. The van der Waals surface area contributed by atoms with Gasteiger partial charge in [0.15, 0.2) is 0 Å². The minimum absolute atomic E-state index is 0.00192. The molecule has 1 rings (SSSR count). The van der Waals surface area contributed by atoms with Crippen LogP contribution in [0.5, 0.6) is 0 Å². The van der Waals surface area contributed by atoms with E-state index in [2.05, 4.69) is 5.32 Å². The van der Waals surface area contributed by atoms with Crippen molar-refractivity contribution >= 4 is 29.4 Å². The molecule has 1 unspecified atom stereocenters. The van der Waals surface area contributed by atoms with Crippen molar-refractivity contribution in [1.29, 1.82) is 0 Å². The van der Waals surface area contributed by atoms with Crippen molar-refractivity contribution in [2.75, 3.05) is 30.5 Å². The first-order valence-electron chi connectivity index (χ1n) is 9.28. The number of benzene rings is 1. The van der Waals surface area contributed by atoms with E-state index in [9.17, 15) is 19.8 Å². The van der Waals surface area contributed by atoms with Crippen molar-refractivity contribution in [1.82, 2.24) is 5.32 Å². The van der Waals surface area contributed by atoms with Crippen LogP contribution >= 0.6 is 11.6 Å². The SMILES string of the molecule is Cc1ccc(N(CCO)CCCl)cc1CC(CC(=O)O)NC(=O)OC(C)(C)C. The molecule has 0 spiro atoms. The molecule has 0 bridgehead atoms. The number of carbonyl (C=O) groups is 2. The van der Waals surface area contributed by atoms with Crippen LogP contribution in [0.25, 0.3) is 0 Å². The van der Waals surface area contributed by atoms with Gasteiger partial charge in [-0.3, -0.25) is 4.79 Å². The van der Waals surface area contributed by atoms with Crippen molar-refractivity contribution in [2.24, 2.45) is 0 Å². The number of nitrogens with zero attached hydrogens (tertiary/aromatic N) is 1. The van der Waals surface area contributed by atoms with Gasteiger partial charge >= 0.3 is 12.1 Å². The molecule has 7 nitrogen and oxygen atoms in total. The Morgan fingerprint density at radius 1 is 1.29 bits per heavy atom. The standard InChI is InChI=1S/C20H31ClN2O5/c1-14-5-6-17(23(8-7-21)9-10-24)12-15(14)11-16(13-18(25)26)22-19(27)28-20(2,3)4/h5-6,12,16,24H,7-11,13H2,1-4H3,(H,22,27)(H,25,26). The number of aliphatic hydroxyl groups excluding tert-OH is 1. The lowest BCUT2D eigenvalue weighted by Crippen LogP contribution is -2.41. The highest BCUT2D eigenvalue weighted by Gasteiger charge is 2.22. The zero-order valence-corrected chi connectivity index (χ0v) is 17.8. The molecule has 1 aromatic rings. The number of nitrogens with one attached hydrogen (secondary N) is 1. The van der Waals surface area contributed by atoms with Crippen LogP contribution < -0.4 is 10.2 Å². The predicted octanol–water partition coefficient (Wildman–Crippen LogP) is 2.94. The van der Waals surface area contributed by atoms with Gasteiger partial charge in [-0.2, -0.15) is 0 Å². The first kappa shape index (κ1) is 24.0. The molecular weight excluding hydrogens is 384 g/mol. The van der Waals surface area contributed by atoms with Gasteiger partial charge in [0.1, 0.15) is 5.60 Å². The predicted molar refractivity (Wildman–Crippen MR) is 110 cm³/mol. The number of hydrogen-bond acceptors (Lipinski definition) is 5. The molecule has 0 aliphatic heterocycles. The van der Waals surface area contributed by atoms with Crippen molar-refractivity contribution in [3.63, 3.8) is 0 Å². The summed E-state index contributed by atoms with van der Waals surface area (Å²) in [7, 11) is 0. The quantitative estimate of drug-likeness (QED) is 0.509. The van der Waals surface area contributed by atoms with Gasteiger partial charge in [0, 0.05) is 30.7 Å². The molecule has 0 fully saturated rings. The van der Waals surface area contributed by atoms with E-state index in [1.54, 1.807) is 20.8 Å². The number of carboxylic acids is 1. The summed E-state index contributed by atoms with van der Waals surface area (Å²) in [6, 6.07) is 5.22. The molecule has 3 N–H and O–H groups in total. The minimum Gasteiger partial charge on any atom is -0.481 e. The lowest BCUT2D eigenvalue weighted by atomic mass is 9.98. The van der Waals surface area contributed by atoms with E-state index in [1.165, 1.54) is 0 Å². The maximum Gasteiger partial charge on any atom is 0.407 e. The van der Waals surface area contributed by atoms with Gasteiger partial charge in [0.25, 0.3) is 0 Å². The van der Waals surface area contributed by atoms with Crippen LogP contribution in [0.3, 0.4) is 0 Å². The number of rotatable bonds is 10. The third kappa shape index (κ3) is 8.80. The van der Waals surface area contributed by atoms with Crippen LogP contribution in [-0.2, 0) is 16.0 Å². The Balaban J connectivity index is 3.01. The van der Waals surface area contributed by atoms with E-state index < -0.39 is 23.7 Å². The van der Waals surface area contributed by atoms with Gasteiger partial charge in [-0.05, 0) is 57.4 Å². The highest BCUT2D eigenvalue weighted by atomic mass is 35.5. The number of amides is 1. The number of anilines is 1. The number of aliphatic carboxylic acids is 1. The molecule has 0 aliphatic rings. The van der Waals surface area contributed by atoms with E-state index in [-0.39, 0.29) is 13.0 Å². The van der Waals surface area contributed by atoms with Crippen LogP contribution in [0.4, 0.5) is 10.5 Å². The van der Waals surface area contributed by atoms with E-state index in [0.717, 1.165) is 16.8 Å². The molecule has 1 amide bonds. The fourth-order valence-corrected chi connectivity index (χ4v) is 3.00. The maximum atomic E-state index is 12.1. The smallest absolute Gasteiger partial charge is 0.407 e. The van der Waals surface area contributed by atoms with Gasteiger partial charge in [-0.15, -0.1) is 11.6 Å². The van der Waals surface area contributed by atoms with E-state index >= 15 is 0 Å². The van der Waals surface area contributed by atoms with Gasteiger partial charge < -0.3 is 25.2 Å². The number of aryl methyl sites for hydroxylation is 1. The summed E-state index contributed by atoms with van der Waals surface area (Å²) < 4.78 is 5.25. The summed E-state index contributed by atoms with van der Waals surface area (Å²) in [5.41, 5.74) is 2.12. The van der Waals surface area contributed by atoms with E-state index in [4.69, 9.17) is 16.3 Å². The van der Waals surface area contributed by atoms with E-state index in [0.29, 0.717) is 25.4 Å². The lowest BCUT2D eigenvalue weighted by Gasteiger charge is -2.26. The zero-order valence-electron chi connectivity index (χ0n) is 17.0. The largest absolute Gasteiger partial charge is 0.481 e. The van der Waals surface area contributed by atoms with Crippen molar-refractivity contribution in [2.45, 2.75) is 52.2 Å². The monoisotopic (exact) mass is 414 g/mol. The third-order valence-corrected chi connectivity index (χ3v) is 4.20. The normalized spacial score (nSPS) is 12.4. The summed E-state index contributed by atoms with van der Waals surface area (Å²) >= 11 is 5.85. The first-order chi connectivity index (χ1) is 13.1. The van der Waals surface area contributed by atoms with Crippen LogP contribution in [0.2, 0.25) is 0 Å². The molecule has 0 heterocycles. The van der Waals surface area contributed by atoms with Crippen LogP contribution in [0.15, 0.2) is 18.2 Å². The molecule has 158 valence electrons. The van der Waals surface area contributed by atoms with Gasteiger partial charge in [0.05, 0.1) is 13.0 Å². The Labute approximate surface area is 171 Å². The molecule has 1 aromatic carbocycles. The summed E-state index contributed by atoms with van der Waals surface area (Å²) in [4.78, 5) is 25.3. The summed E-state index contributed by atoms with van der Waals surface area (Å²) in [6.45, 7) is 8.21. The molecule has 28 heavy (non-hydrogen) atoms. The zero-order chi connectivity index (χ0) is 21.3. The number of ether oxygens (including phenoxy) is 1. The van der Waals surface area contributed by atoms with Crippen molar-refractivity contribution in [3.8, 4) is 0 Å². The van der Waals surface area contributed by atoms with Crippen molar-refractivity contribution < 1.29 is 24.5 Å². The third-order valence-electron chi connectivity index (χ3n) is 4.03. The Morgan fingerprint density at radius 2 is 1.96 bits per heavy atom. The molecule has 1 atom stereocenters. The maximum absolute atomic E-state index is 12.1. The van der Waals surface area contributed by atoms with Gasteiger partial charge in [-0.1, -0.05) is 6.07 Å². The molecule has 0 saturated carbocycles. The Morgan fingerprint density at radius 3 is 2.50 bits per heavy atom. The highest BCUT2D eigenvalue weighted by Crippen LogP contribution is 2.21. The highest BCUT2D eigenvalue weighted by molar-refractivity contribution is 6.18. The Hall–Kier alpha value is -1.99. The number of carbonyl (C=O) groups excluding carboxylic acids is 1. The van der Waals surface area contributed by atoms with Crippen LogP contribution in [-0.4, -0.2) is 59.5 Å². The number of hydrogen-bond donors (Lipinski definition) is 3. The number of halogens is 1. The fraction of sp³-hybridized carbons (Fsp3) is 0.600. The second kappa shape index (κ2) is 11.1. The summed E-state index contributed by atoms with van der Waals surface area (Å²) in [5, 5.41) is 21.2. The Kier molecular flexibility index (Phi) is 9.55. The summed E-state index contributed by atoms with van der Waals surface area (Å²) in [6.07, 6.45) is -0.513. The first-order valence-corrected chi connectivity index (χ1v) is 9.81. The molecule has 0 aliphatic carbocycles. The van der Waals surface area contributed by atoms with Crippen LogP contribution in [0.1, 0.15) is 38.3 Å². The van der Waals surface area contributed by atoms with E-state index in [1.807, 2.05) is 30.0 Å². The second-order valence-electron chi connectivity index (χ2n) is 7.66. The molecule has 0 saturated heterocycles. The van der Waals surface area contributed by atoms with Crippen LogP contribution in [0, 0.1) is 6.92 Å². The number of alkyl carbamates (subject to hydrolysis) is 1. The topological polar surface area (TPSA) is 99.1 Å². The second-order valence-corrected chi connectivity index (χ2v) is 8.03. The average molecular weight is 415 g/mol. The average Bonchev–Trinajstić information content (AvgIpc) is 2.54. The van der Waals surface area contributed by atoms with Gasteiger partial charge in [0.2, 0.25) is 0 Å². The molecular formula is C20H31ClN2O5. The summed E-state index contributed by atoms with van der Waals surface area (Å²) in [5.74, 6) is -0.579. The molecule has 0 radical (unpaired) electrons. The number of carboxylic acid groups (broad SMARTS) is 1. The van der Waals surface area contributed by atoms with Crippen molar-refractivity contribution in [3.05, 3.63) is 29.3 Å². The molecule has 8 heteroatoms. The lowest BCUT2D eigenvalue weighted by molar-refractivity contribution is -0.137.